The van der Waals surface area contributed by atoms with E-state index in [1.165, 1.54) is 5.56 Å². The Morgan fingerprint density at radius 1 is 1.32 bits per heavy atom. The lowest BCUT2D eigenvalue weighted by Crippen LogP contribution is -2.04. The molecule has 0 aliphatic carbocycles. The number of nitrogens with two attached hydrogens (primary N) is 1. The molecule has 0 aliphatic heterocycles. The lowest BCUT2D eigenvalue weighted by molar-refractivity contribution is 0.415. The number of benzene rings is 1. The SMILES string of the molecule is COc1cc(C)cc(C)c1-c1nc(CCN)nn1C. The maximum atomic E-state index is 5.55. The van der Waals surface area contributed by atoms with E-state index in [2.05, 4.69) is 30.0 Å². The minimum atomic E-state index is 0.549. The minimum absolute atomic E-state index is 0.549. The molecule has 0 saturated heterocycles. The first-order valence-electron chi connectivity index (χ1n) is 6.32. The van der Waals surface area contributed by atoms with E-state index < -0.39 is 0 Å². The Balaban J connectivity index is 2.58. The molecule has 102 valence electrons. The van der Waals surface area contributed by atoms with Crippen molar-refractivity contribution in [3.63, 3.8) is 0 Å². The van der Waals surface area contributed by atoms with Crippen LogP contribution < -0.4 is 10.5 Å². The number of ether oxygens (including phenoxy) is 1. The predicted octanol–water partition coefficient (Wildman–Crippen LogP) is 1.61. The molecule has 0 unspecified atom stereocenters. The lowest BCUT2D eigenvalue weighted by atomic mass is 10.0. The van der Waals surface area contributed by atoms with E-state index in [-0.39, 0.29) is 0 Å². The van der Waals surface area contributed by atoms with Crippen LogP contribution in [0.25, 0.3) is 11.4 Å². The van der Waals surface area contributed by atoms with Crippen molar-refractivity contribution in [1.29, 1.82) is 0 Å². The molecule has 5 nitrogen and oxygen atoms in total. The van der Waals surface area contributed by atoms with Crippen LogP contribution in [0.3, 0.4) is 0 Å². The first-order valence-corrected chi connectivity index (χ1v) is 6.32. The molecule has 19 heavy (non-hydrogen) atoms. The van der Waals surface area contributed by atoms with Gasteiger partial charge in [-0.1, -0.05) is 6.07 Å². The van der Waals surface area contributed by atoms with Gasteiger partial charge in [-0.15, -0.1) is 0 Å². The fraction of sp³-hybridized carbons (Fsp3) is 0.429. The zero-order valence-electron chi connectivity index (χ0n) is 11.9. The van der Waals surface area contributed by atoms with Gasteiger partial charge in [-0.05, 0) is 37.6 Å². The second kappa shape index (κ2) is 5.40. The van der Waals surface area contributed by atoms with Crippen LogP contribution in [0.5, 0.6) is 5.75 Å². The van der Waals surface area contributed by atoms with Crippen molar-refractivity contribution in [2.45, 2.75) is 20.3 Å². The van der Waals surface area contributed by atoms with Crippen molar-refractivity contribution in [2.75, 3.05) is 13.7 Å². The summed E-state index contributed by atoms with van der Waals surface area (Å²) in [6, 6.07) is 4.13. The van der Waals surface area contributed by atoms with Gasteiger partial charge < -0.3 is 10.5 Å². The number of rotatable bonds is 4. The van der Waals surface area contributed by atoms with E-state index in [1.807, 2.05) is 13.1 Å². The molecule has 0 amide bonds. The number of aromatic nitrogens is 3. The van der Waals surface area contributed by atoms with Crippen molar-refractivity contribution < 1.29 is 4.74 Å². The first kappa shape index (κ1) is 13.5. The Morgan fingerprint density at radius 2 is 2.05 bits per heavy atom. The molecule has 2 aromatic rings. The molecule has 5 heteroatoms. The van der Waals surface area contributed by atoms with Crippen LogP contribution in [-0.2, 0) is 13.5 Å². The average molecular weight is 260 g/mol. The summed E-state index contributed by atoms with van der Waals surface area (Å²) in [5.41, 5.74) is 8.84. The third-order valence-corrected chi connectivity index (χ3v) is 3.06. The smallest absolute Gasteiger partial charge is 0.162 e. The molecule has 0 fully saturated rings. The number of hydrogen-bond acceptors (Lipinski definition) is 4. The van der Waals surface area contributed by atoms with E-state index in [4.69, 9.17) is 10.5 Å². The Kier molecular flexibility index (Phi) is 3.85. The highest BCUT2D eigenvalue weighted by atomic mass is 16.5. The van der Waals surface area contributed by atoms with Crippen molar-refractivity contribution in [1.82, 2.24) is 14.8 Å². The zero-order valence-corrected chi connectivity index (χ0v) is 11.9. The van der Waals surface area contributed by atoms with Crippen LogP contribution in [0.1, 0.15) is 17.0 Å². The van der Waals surface area contributed by atoms with Gasteiger partial charge in [0.05, 0.1) is 12.7 Å². The molecule has 0 atom stereocenters. The van der Waals surface area contributed by atoms with Gasteiger partial charge in [0, 0.05) is 13.5 Å². The topological polar surface area (TPSA) is 66.0 Å². The van der Waals surface area contributed by atoms with E-state index >= 15 is 0 Å². The van der Waals surface area contributed by atoms with Crippen LogP contribution >= 0.6 is 0 Å². The van der Waals surface area contributed by atoms with Gasteiger partial charge in [-0.2, -0.15) is 5.10 Å². The zero-order chi connectivity index (χ0) is 14.0. The summed E-state index contributed by atoms with van der Waals surface area (Å²) in [7, 11) is 3.57. The number of methoxy groups -OCH3 is 1. The van der Waals surface area contributed by atoms with Gasteiger partial charge in [-0.3, -0.25) is 0 Å². The molecule has 0 aliphatic rings. The highest BCUT2D eigenvalue weighted by Crippen LogP contribution is 2.32. The van der Waals surface area contributed by atoms with Gasteiger partial charge in [0.25, 0.3) is 0 Å². The standard InChI is InChI=1S/C14H20N4O/c1-9-7-10(2)13(11(8-9)19-4)14-16-12(5-6-15)17-18(14)3/h7-8H,5-6,15H2,1-4H3. The molecular weight excluding hydrogens is 240 g/mol. The summed E-state index contributed by atoms with van der Waals surface area (Å²) >= 11 is 0. The molecular formula is C14H20N4O. The third kappa shape index (κ3) is 2.61. The average Bonchev–Trinajstić information content (AvgIpc) is 2.69. The summed E-state index contributed by atoms with van der Waals surface area (Å²) in [5.74, 6) is 2.41. The van der Waals surface area contributed by atoms with E-state index in [0.29, 0.717) is 13.0 Å². The third-order valence-electron chi connectivity index (χ3n) is 3.06. The molecule has 0 bridgehead atoms. The molecule has 2 N–H and O–H groups in total. The first-order chi connectivity index (χ1) is 9.06. The summed E-state index contributed by atoms with van der Waals surface area (Å²) in [6.07, 6.45) is 0.682. The van der Waals surface area contributed by atoms with E-state index in [0.717, 1.165) is 28.5 Å². The molecule has 1 aromatic heterocycles. The monoisotopic (exact) mass is 260 g/mol. The quantitative estimate of drug-likeness (QED) is 0.907. The van der Waals surface area contributed by atoms with Gasteiger partial charge in [0.2, 0.25) is 0 Å². The molecule has 0 spiro atoms. The minimum Gasteiger partial charge on any atom is -0.496 e. The largest absolute Gasteiger partial charge is 0.496 e. The van der Waals surface area contributed by atoms with E-state index in [1.54, 1.807) is 11.8 Å². The van der Waals surface area contributed by atoms with Crippen molar-refractivity contribution in [3.8, 4) is 17.1 Å². The molecule has 1 aromatic carbocycles. The van der Waals surface area contributed by atoms with Gasteiger partial charge in [0.1, 0.15) is 5.75 Å². The van der Waals surface area contributed by atoms with Crippen molar-refractivity contribution >= 4 is 0 Å². The van der Waals surface area contributed by atoms with Crippen LogP contribution in [0.2, 0.25) is 0 Å². The summed E-state index contributed by atoms with van der Waals surface area (Å²) in [5, 5.41) is 4.39. The van der Waals surface area contributed by atoms with Crippen molar-refractivity contribution in [3.05, 3.63) is 29.1 Å². The van der Waals surface area contributed by atoms with Gasteiger partial charge in [-0.25, -0.2) is 9.67 Å². The maximum Gasteiger partial charge on any atom is 0.162 e. The highest BCUT2D eigenvalue weighted by molar-refractivity contribution is 5.69. The Bertz CT molecular complexity index is 589. The highest BCUT2D eigenvalue weighted by Gasteiger charge is 2.16. The van der Waals surface area contributed by atoms with Crippen LogP contribution in [0, 0.1) is 13.8 Å². The molecule has 2 rings (SSSR count). The van der Waals surface area contributed by atoms with Crippen LogP contribution in [0.4, 0.5) is 0 Å². The lowest BCUT2D eigenvalue weighted by Gasteiger charge is -2.12. The molecule has 0 radical (unpaired) electrons. The molecule has 1 heterocycles. The number of nitrogens with zero attached hydrogens (tertiary/aromatic N) is 3. The summed E-state index contributed by atoms with van der Waals surface area (Å²) in [4.78, 5) is 4.56. The van der Waals surface area contributed by atoms with Crippen molar-refractivity contribution in [2.24, 2.45) is 12.8 Å². The van der Waals surface area contributed by atoms with E-state index in [9.17, 15) is 0 Å². The predicted molar refractivity (Wildman–Crippen MR) is 75.2 cm³/mol. The summed E-state index contributed by atoms with van der Waals surface area (Å²) < 4.78 is 7.26. The maximum absolute atomic E-state index is 5.55. The Labute approximate surface area is 113 Å². The fourth-order valence-electron chi connectivity index (χ4n) is 2.27. The number of aryl methyl sites for hydroxylation is 3. The van der Waals surface area contributed by atoms with Crippen LogP contribution in [-0.4, -0.2) is 28.4 Å². The van der Waals surface area contributed by atoms with Gasteiger partial charge in [0.15, 0.2) is 11.6 Å². The fourth-order valence-corrected chi connectivity index (χ4v) is 2.27. The van der Waals surface area contributed by atoms with Crippen LogP contribution in [0.15, 0.2) is 12.1 Å². The normalized spacial score (nSPS) is 10.8. The Morgan fingerprint density at radius 3 is 2.68 bits per heavy atom. The second-order valence-electron chi connectivity index (χ2n) is 4.67. The second-order valence-corrected chi connectivity index (χ2v) is 4.67. The Hall–Kier alpha value is -1.88. The van der Waals surface area contributed by atoms with Gasteiger partial charge >= 0.3 is 0 Å². The molecule has 0 saturated carbocycles. The number of hydrogen-bond donors (Lipinski definition) is 1. The summed E-state index contributed by atoms with van der Waals surface area (Å²) in [6.45, 7) is 4.66.